The second-order valence-electron chi connectivity index (χ2n) is 3.82. The molecule has 94 valence electrons. The summed E-state index contributed by atoms with van der Waals surface area (Å²) in [5.41, 5.74) is 1.63. The minimum atomic E-state index is -0.393. The Morgan fingerprint density at radius 1 is 1.16 bits per heavy atom. The normalized spacial score (nSPS) is 10.5. The van der Waals surface area contributed by atoms with Gasteiger partial charge in [-0.05, 0) is 11.4 Å². The third-order valence-corrected chi connectivity index (χ3v) is 4.47. The van der Waals surface area contributed by atoms with E-state index >= 15 is 0 Å². The number of rotatable bonds is 3. The number of thiophene rings is 1. The Bertz CT molecular complexity index is 720. The van der Waals surface area contributed by atoms with Gasteiger partial charge in [0.2, 0.25) is 0 Å². The van der Waals surface area contributed by atoms with Crippen molar-refractivity contribution in [3.63, 3.8) is 0 Å². The number of non-ortho nitro benzene ring substituents is 1. The Morgan fingerprint density at radius 3 is 2.79 bits per heavy atom. The van der Waals surface area contributed by atoms with Gasteiger partial charge in [-0.3, -0.25) is 10.1 Å². The van der Waals surface area contributed by atoms with E-state index < -0.39 is 4.92 Å². The van der Waals surface area contributed by atoms with E-state index in [9.17, 15) is 10.1 Å². The van der Waals surface area contributed by atoms with Crippen LogP contribution in [0, 0.1) is 10.1 Å². The van der Waals surface area contributed by atoms with Crippen LogP contribution in [0.2, 0.25) is 0 Å². The lowest BCUT2D eigenvalue weighted by Gasteiger charge is -1.96. The number of benzene rings is 1. The van der Waals surface area contributed by atoms with E-state index in [0.717, 1.165) is 21.1 Å². The molecule has 6 heteroatoms. The van der Waals surface area contributed by atoms with Gasteiger partial charge in [0.05, 0.1) is 15.5 Å². The van der Waals surface area contributed by atoms with E-state index in [1.165, 1.54) is 6.07 Å². The van der Waals surface area contributed by atoms with Gasteiger partial charge in [-0.2, -0.15) is 0 Å². The highest BCUT2D eigenvalue weighted by atomic mass is 32.1. The molecule has 0 aliphatic carbocycles. The monoisotopic (exact) mass is 288 g/mol. The zero-order valence-corrected chi connectivity index (χ0v) is 11.3. The Kier molecular flexibility index (Phi) is 3.10. The summed E-state index contributed by atoms with van der Waals surface area (Å²) >= 11 is 3.18. The topological polar surface area (TPSA) is 56.0 Å². The number of hydrogen-bond acceptors (Lipinski definition) is 5. The fraction of sp³-hybridized carbons (Fsp3) is 0. The van der Waals surface area contributed by atoms with Crippen molar-refractivity contribution in [1.82, 2.24) is 4.98 Å². The van der Waals surface area contributed by atoms with Crippen LogP contribution in [0.15, 0.2) is 47.2 Å². The molecule has 0 N–H and O–H groups in total. The van der Waals surface area contributed by atoms with Crippen LogP contribution in [0.3, 0.4) is 0 Å². The molecule has 0 bridgehead atoms. The lowest BCUT2D eigenvalue weighted by Crippen LogP contribution is -1.88. The van der Waals surface area contributed by atoms with Gasteiger partial charge in [-0.1, -0.05) is 18.2 Å². The SMILES string of the molecule is O=[N+]([O-])c1cccc(-c2csc(-c3cccs3)n2)c1. The van der Waals surface area contributed by atoms with Crippen molar-refractivity contribution in [3.05, 3.63) is 57.3 Å². The van der Waals surface area contributed by atoms with Crippen LogP contribution in [0.25, 0.3) is 21.1 Å². The third-order valence-electron chi connectivity index (χ3n) is 2.59. The molecular weight excluding hydrogens is 280 g/mol. The molecule has 0 aliphatic heterocycles. The van der Waals surface area contributed by atoms with Gasteiger partial charge >= 0.3 is 0 Å². The zero-order chi connectivity index (χ0) is 13.2. The van der Waals surface area contributed by atoms with Crippen LogP contribution < -0.4 is 0 Å². The second kappa shape index (κ2) is 4.91. The van der Waals surface area contributed by atoms with E-state index in [-0.39, 0.29) is 5.69 Å². The number of nitro benzene ring substituents is 1. The fourth-order valence-electron chi connectivity index (χ4n) is 1.70. The Hall–Kier alpha value is -2.05. The van der Waals surface area contributed by atoms with Gasteiger partial charge in [0.1, 0.15) is 5.01 Å². The molecule has 2 aromatic heterocycles. The molecule has 4 nitrogen and oxygen atoms in total. The van der Waals surface area contributed by atoms with Crippen LogP contribution in [0.4, 0.5) is 5.69 Å². The first-order valence-electron chi connectivity index (χ1n) is 5.48. The molecule has 3 aromatic rings. The van der Waals surface area contributed by atoms with Crippen molar-refractivity contribution in [3.8, 4) is 21.1 Å². The molecule has 2 heterocycles. The summed E-state index contributed by atoms with van der Waals surface area (Å²) in [6, 6.07) is 10.5. The molecule has 1 aromatic carbocycles. The summed E-state index contributed by atoms with van der Waals surface area (Å²) in [4.78, 5) is 16.0. The van der Waals surface area contributed by atoms with Gasteiger partial charge in [-0.15, -0.1) is 22.7 Å². The van der Waals surface area contributed by atoms with Crippen LogP contribution in [-0.2, 0) is 0 Å². The number of aromatic nitrogens is 1. The summed E-state index contributed by atoms with van der Waals surface area (Å²) in [5.74, 6) is 0. The highest BCUT2D eigenvalue weighted by Gasteiger charge is 2.11. The molecule has 0 fully saturated rings. The maximum atomic E-state index is 10.8. The maximum Gasteiger partial charge on any atom is 0.270 e. The quantitative estimate of drug-likeness (QED) is 0.528. The molecule has 19 heavy (non-hydrogen) atoms. The average molecular weight is 288 g/mol. The van der Waals surface area contributed by atoms with Gasteiger partial charge in [0, 0.05) is 23.1 Å². The highest BCUT2D eigenvalue weighted by Crippen LogP contribution is 2.32. The van der Waals surface area contributed by atoms with Crippen molar-refractivity contribution >= 4 is 28.4 Å². The number of hydrogen-bond donors (Lipinski definition) is 0. The first-order chi connectivity index (χ1) is 9.24. The standard InChI is InChI=1S/C13H8N2O2S2/c16-15(17)10-4-1-3-9(7-10)11-8-19-13(14-11)12-5-2-6-18-12/h1-8H. The largest absolute Gasteiger partial charge is 0.270 e. The van der Waals surface area contributed by atoms with Crippen molar-refractivity contribution in [2.45, 2.75) is 0 Å². The smallest absolute Gasteiger partial charge is 0.258 e. The van der Waals surface area contributed by atoms with Crippen LogP contribution in [0.5, 0.6) is 0 Å². The zero-order valence-electron chi connectivity index (χ0n) is 9.65. The lowest BCUT2D eigenvalue weighted by molar-refractivity contribution is -0.384. The molecule has 0 unspecified atom stereocenters. The Morgan fingerprint density at radius 2 is 2.05 bits per heavy atom. The van der Waals surface area contributed by atoms with Crippen LogP contribution in [-0.4, -0.2) is 9.91 Å². The number of thiazole rings is 1. The van der Waals surface area contributed by atoms with E-state index in [1.54, 1.807) is 34.8 Å². The highest BCUT2D eigenvalue weighted by molar-refractivity contribution is 7.20. The van der Waals surface area contributed by atoms with Gasteiger partial charge in [0.25, 0.3) is 5.69 Å². The molecule has 0 amide bonds. The number of nitrogens with zero attached hydrogens (tertiary/aromatic N) is 2. The van der Waals surface area contributed by atoms with Gasteiger partial charge in [0.15, 0.2) is 0 Å². The first-order valence-corrected chi connectivity index (χ1v) is 7.24. The molecule has 3 rings (SSSR count). The summed E-state index contributed by atoms with van der Waals surface area (Å²) < 4.78 is 0. The Balaban J connectivity index is 1.99. The van der Waals surface area contributed by atoms with E-state index in [4.69, 9.17) is 0 Å². The van der Waals surface area contributed by atoms with Gasteiger partial charge in [-0.25, -0.2) is 4.98 Å². The van der Waals surface area contributed by atoms with Crippen molar-refractivity contribution in [2.75, 3.05) is 0 Å². The predicted octanol–water partition coefficient (Wildman–Crippen LogP) is 4.45. The average Bonchev–Trinajstić information content (AvgIpc) is 3.09. The molecule has 0 saturated carbocycles. The minimum absolute atomic E-state index is 0.0863. The maximum absolute atomic E-state index is 10.8. The minimum Gasteiger partial charge on any atom is -0.258 e. The lowest BCUT2D eigenvalue weighted by atomic mass is 10.1. The van der Waals surface area contributed by atoms with E-state index in [0.29, 0.717) is 0 Å². The molecule has 0 radical (unpaired) electrons. The van der Waals surface area contributed by atoms with Crippen molar-refractivity contribution < 1.29 is 4.92 Å². The molecule has 0 spiro atoms. The Labute approximate surface area is 117 Å². The molecule has 0 saturated heterocycles. The summed E-state index contributed by atoms with van der Waals surface area (Å²) in [6.07, 6.45) is 0. The fourth-order valence-corrected chi connectivity index (χ4v) is 3.34. The van der Waals surface area contributed by atoms with Crippen molar-refractivity contribution in [1.29, 1.82) is 0 Å². The number of nitro groups is 1. The summed E-state index contributed by atoms with van der Waals surface area (Å²) in [7, 11) is 0. The van der Waals surface area contributed by atoms with E-state index in [2.05, 4.69) is 4.98 Å². The summed E-state index contributed by atoms with van der Waals surface area (Å²) in [6.45, 7) is 0. The molecule has 0 aliphatic rings. The third kappa shape index (κ3) is 2.40. The van der Waals surface area contributed by atoms with E-state index in [1.807, 2.05) is 29.0 Å². The first kappa shape index (κ1) is 12.0. The van der Waals surface area contributed by atoms with Gasteiger partial charge < -0.3 is 0 Å². The van der Waals surface area contributed by atoms with Crippen LogP contribution in [0.1, 0.15) is 0 Å². The van der Waals surface area contributed by atoms with Crippen LogP contribution >= 0.6 is 22.7 Å². The second-order valence-corrected chi connectivity index (χ2v) is 5.63. The van der Waals surface area contributed by atoms with Crippen molar-refractivity contribution in [2.24, 2.45) is 0 Å². The molecule has 0 atom stereocenters. The molecular formula is C13H8N2O2S2. The predicted molar refractivity (Wildman–Crippen MR) is 77.5 cm³/mol. The summed E-state index contributed by atoms with van der Waals surface area (Å²) in [5, 5.41) is 15.6.